The van der Waals surface area contributed by atoms with Gasteiger partial charge in [-0.05, 0) is 30.7 Å². The van der Waals surface area contributed by atoms with Crippen LogP contribution in [0, 0.1) is 11.3 Å². The first-order valence-corrected chi connectivity index (χ1v) is 7.80. The third-order valence-electron chi connectivity index (χ3n) is 4.07. The summed E-state index contributed by atoms with van der Waals surface area (Å²) in [7, 11) is 0. The topological polar surface area (TPSA) is 52.0 Å². The number of ether oxygens (including phenoxy) is 1. The van der Waals surface area contributed by atoms with Crippen LogP contribution in [0.25, 0.3) is 0 Å². The van der Waals surface area contributed by atoms with E-state index in [-0.39, 0.29) is 5.41 Å². The highest BCUT2D eigenvalue weighted by atomic mass is 16.5. The summed E-state index contributed by atoms with van der Waals surface area (Å²) in [5, 5.41) is 7.91. The lowest BCUT2D eigenvalue weighted by atomic mass is 9.77. The summed E-state index contributed by atoms with van der Waals surface area (Å²) < 4.78 is 7.63. The van der Waals surface area contributed by atoms with Crippen LogP contribution in [0.15, 0.2) is 6.33 Å². The zero-order chi connectivity index (χ0) is 14.4. The molecule has 2 heterocycles. The lowest BCUT2D eigenvalue weighted by Crippen LogP contribution is -2.41. The van der Waals surface area contributed by atoms with Gasteiger partial charge in [-0.2, -0.15) is 5.10 Å². The third kappa shape index (κ3) is 4.03. The smallest absolute Gasteiger partial charge is 0.138 e. The van der Waals surface area contributed by atoms with Crippen molar-refractivity contribution >= 4 is 0 Å². The van der Waals surface area contributed by atoms with E-state index in [0.29, 0.717) is 5.92 Å². The minimum Gasteiger partial charge on any atom is -0.381 e. The van der Waals surface area contributed by atoms with Gasteiger partial charge >= 0.3 is 0 Å². The minimum absolute atomic E-state index is 0.274. The van der Waals surface area contributed by atoms with E-state index < -0.39 is 0 Å². The molecular weight excluding hydrogens is 252 g/mol. The van der Waals surface area contributed by atoms with Gasteiger partial charge in [0.1, 0.15) is 12.2 Å². The van der Waals surface area contributed by atoms with Crippen LogP contribution in [0.4, 0.5) is 0 Å². The molecule has 20 heavy (non-hydrogen) atoms. The molecule has 1 aromatic rings. The van der Waals surface area contributed by atoms with E-state index >= 15 is 0 Å². The Kier molecular flexibility index (Phi) is 5.54. The van der Waals surface area contributed by atoms with Crippen LogP contribution >= 0.6 is 0 Å². The van der Waals surface area contributed by atoms with Crippen molar-refractivity contribution in [2.45, 2.75) is 46.6 Å². The molecule has 1 saturated heterocycles. The van der Waals surface area contributed by atoms with Crippen molar-refractivity contribution in [2.24, 2.45) is 11.3 Å². The molecule has 114 valence electrons. The van der Waals surface area contributed by atoms with Crippen LogP contribution in [0.1, 0.15) is 39.4 Å². The quantitative estimate of drug-likeness (QED) is 0.828. The van der Waals surface area contributed by atoms with E-state index in [9.17, 15) is 0 Å². The molecule has 0 spiro atoms. The Morgan fingerprint density at radius 3 is 2.80 bits per heavy atom. The SMILES string of the molecule is CCNCC1(Cc2ncnn2CC(C)C)CCOCC1. The number of nitrogens with one attached hydrogen (secondary N) is 1. The predicted molar refractivity (Wildman–Crippen MR) is 79.6 cm³/mol. The van der Waals surface area contributed by atoms with Crippen molar-refractivity contribution < 1.29 is 4.74 Å². The standard InChI is InChI=1S/C15H28N4O/c1-4-16-11-15(5-7-20-8-6-15)9-14-17-12-18-19(14)10-13(2)3/h12-13,16H,4-11H2,1-3H3. The van der Waals surface area contributed by atoms with Crippen LogP contribution in [-0.4, -0.2) is 41.1 Å². The first-order valence-electron chi connectivity index (χ1n) is 7.80. The number of nitrogens with zero attached hydrogens (tertiary/aromatic N) is 3. The molecule has 1 aliphatic heterocycles. The van der Waals surface area contributed by atoms with Crippen molar-refractivity contribution in [3.8, 4) is 0 Å². The molecule has 1 N–H and O–H groups in total. The van der Waals surface area contributed by atoms with Gasteiger partial charge in [-0.3, -0.25) is 0 Å². The Balaban J connectivity index is 2.08. The van der Waals surface area contributed by atoms with Crippen LogP contribution in [0.5, 0.6) is 0 Å². The van der Waals surface area contributed by atoms with Gasteiger partial charge in [-0.25, -0.2) is 9.67 Å². The molecule has 0 bridgehead atoms. The van der Waals surface area contributed by atoms with Gasteiger partial charge in [0.05, 0.1) is 0 Å². The van der Waals surface area contributed by atoms with E-state index in [1.807, 2.05) is 0 Å². The molecule has 0 radical (unpaired) electrons. The van der Waals surface area contributed by atoms with Crippen molar-refractivity contribution in [1.82, 2.24) is 20.1 Å². The largest absolute Gasteiger partial charge is 0.381 e. The monoisotopic (exact) mass is 280 g/mol. The molecule has 2 rings (SSSR count). The predicted octanol–water partition coefficient (Wildman–Crippen LogP) is 1.88. The van der Waals surface area contributed by atoms with Gasteiger partial charge in [0, 0.05) is 32.7 Å². The minimum atomic E-state index is 0.274. The fourth-order valence-corrected chi connectivity index (χ4v) is 2.87. The van der Waals surface area contributed by atoms with Gasteiger partial charge in [-0.1, -0.05) is 20.8 Å². The average Bonchev–Trinajstić information content (AvgIpc) is 2.84. The Morgan fingerprint density at radius 2 is 2.15 bits per heavy atom. The fraction of sp³-hybridized carbons (Fsp3) is 0.867. The molecule has 5 nitrogen and oxygen atoms in total. The van der Waals surface area contributed by atoms with E-state index in [0.717, 1.165) is 57.9 Å². The zero-order valence-corrected chi connectivity index (χ0v) is 13.1. The summed E-state index contributed by atoms with van der Waals surface area (Å²) in [4.78, 5) is 4.50. The fourth-order valence-electron chi connectivity index (χ4n) is 2.87. The number of hydrogen-bond acceptors (Lipinski definition) is 4. The van der Waals surface area contributed by atoms with E-state index in [2.05, 4.69) is 40.9 Å². The zero-order valence-electron chi connectivity index (χ0n) is 13.1. The number of aromatic nitrogens is 3. The average molecular weight is 280 g/mol. The van der Waals surface area contributed by atoms with Gasteiger partial charge in [0.15, 0.2) is 0 Å². The Bertz CT molecular complexity index is 396. The summed E-state index contributed by atoms with van der Waals surface area (Å²) in [6.07, 6.45) is 4.90. The molecule has 0 aliphatic carbocycles. The lowest BCUT2D eigenvalue weighted by Gasteiger charge is -2.37. The molecule has 1 aromatic heterocycles. The third-order valence-corrected chi connectivity index (χ3v) is 4.07. The molecule has 1 aliphatic rings. The molecule has 0 unspecified atom stereocenters. The molecule has 0 aromatic carbocycles. The van der Waals surface area contributed by atoms with Crippen molar-refractivity contribution in [3.05, 3.63) is 12.2 Å². The van der Waals surface area contributed by atoms with Gasteiger partial charge in [0.25, 0.3) is 0 Å². The second-order valence-corrected chi connectivity index (χ2v) is 6.32. The van der Waals surface area contributed by atoms with Crippen LogP contribution in [0.2, 0.25) is 0 Å². The highest BCUT2D eigenvalue weighted by Crippen LogP contribution is 2.33. The number of rotatable bonds is 7. The summed E-state index contributed by atoms with van der Waals surface area (Å²) in [6, 6.07) is 0. The highest BCUT2D eigenvalue weighted by molar-refractivity contribution is 4.96. The van der Waals surface area contributed by atoms with Crippen molar-refractivity contribution in [1.29, 1.82) is 0 Å². The Morgan fingerprint density at radius 1 is 1.40 bits per heavy atom. The first-order chi connectivity index (χ1) is 9.65. The van der Waals surface area contributed by atoms with Crippen LogP contribution < -0.4 is 5.32 Å². The highest BCUT2D eigenvalue weighted by Gasteiger charge is 2.34. The number of hydrogen-bond donors (Lipinski definition) is 1. The van der Waals surface area contributed by atoms with E-state index in [1.165, 1.54) is 0 Å². The second-order valence-electron chi connectivity index (χ2n) is 6.32. The maximum Gasteiger partial charge on any atom is 0.138 e. The summed E-state index contributed by atoms with van der Waals surface area (Å²) in [5.41, 5.74) is 0.274. The normalized spacial score (nSPS) is 18.6. The van der Waals surface area contributed by atoms with Gasteiger partial charge < -0.3 is 10.1 Å². The summed E-state index contributed by atoms with van der Waals surface area (Å²) in [6.45, 7) is 11.3. The molecule has 1 fully saturated rings. The molecule has 0 atom stereocenters. The molecule has 0 saturated carbocycles. The van der Waals surface area contributed by atoms with Crippen molar-refractivity contribution in [2.75, 3.05) is 26.3 Å². The van der Waals surface area contributed by atoms with Crippen molar-refractivity contribution in [3.63, 3.8) is 0 Å². The maximum atomic E-state index is 5.55. The van der Waals surface area contributed by atoms with Gasteiger partial charge in [0.2, 0.25) is 0 Å². The second kappa shape index (κ2) is 7.18. The molecule has 0 amide bonds. The Labute approximate surface area is 122 Å². The molecular formula is C15H28N4O. The van der Waals surface area contributed by atoms with E-state index in [1.54, 1.807) is 6.33 Å². The Hall–Kier alpha value is -0.940. The summed E-state index contributed by atoms with van der Waals surface area (Å²) >= 11 is 0. The first kappa shape index (κ1) is 15.4. The maximum absolute atomic E-state index is 5.55. The lowest BCUT2D eigenvalue weighted by molar-refractivity contribution is 0.0136. The van der Waals surface area contributed by atoms with E-state index in [4.69, 9.17) is 4.74 Å². The van der Waals surface area contributed by atoms with Crippen LogP contribution in [-0.2, 0) is 17.7 Å². The molecule has 5 heteroatoms. The van der Waals surface area contributed by atoms with Crippen LogP contribution in [0.3, 0.4) is 0 Å². The summed E-state index contributed by atoms with van der Waals surface area (Å²) in [5.74, 6) is 1.72. The van der Waals surface area contributed by atoms with Gasteiger partial charge in [-0.15, -0.1) is 0 Å².